The fraction of sp³-hybridized carbons (Fsp3) is 0. The summed E-state index contributed by atoms with van der Waals surface area (Å²) in [6, 6.07) is 13.8. The van der Waals surface area contributed by atoms with Crippen molar-refractivity contribution in [2.24, 2.45) is 0 Å². The average Bonchev–Trinajstić information content (AvgIpc) is 2.66. The van der Waals surface area contributed by atoms with Gasteiger partial charge in [0.15, 0.2) is 4.77 Å². The number of fused-ring (bicyclic) bond motifs is 1. The van der Waals surface area contributed by atoms with Gasteiger partial charge in [-0.1, -0.05) is 23.7 Å². The number of nitrogens with zero attached hydrogens (tertiary/aromatic N) is 1. The van der Waals surface area contributed by atoms with E-state index in [0.717, 1.165) is 20.3 Å². The molecule has 0 atom stereocenters. The van der Waals surface area contributed by atoms with E-state index in [0.29, 0.717) is 9.79 Å². The lowest BCUT2D eigenvalue weighted by molar-refractivity contribution is 1.06. The van der Waals surface area contributed by atoms with Crippen molar-refractivity contribution in [3.05, 3.63) is 55.8 Å². The molecule has 0 aliphatic heterocycles. The number of imidazole rings is 1. The molecule has 0 spiro atoms. The molecule has 0 aliphatic rings. The summed E-state index contributed by atoms with van der Waals surface area (Å²) in [7, 11) is 0. The van der Waals surface area contributed by atoms with Gasteiger partial charge in [0.1, 0.15) is 0 Å². The topological polar surface area (TPSA) is 20.7 Å². The van der Waals surface area contributed by atoms with Crippen LogP contribution in [0.1, 0.15) is 0 Å². The van der Waals surface area contributed by atoms with Crippen molar-refractivity contribution < 1.29 is 0 Å². The van der Waals surface area contributed by atoms with Crippen LogP contribution in [0.3, 0.4) is 0 Å². The molecule has 0 saturated carbocycles. The molecule has 2 aromatic carbocycles. The number of benzene rings is 2. The Morgan fingerprint density at radius 2 is 1.94 bits per heavy atom. The van der Waals surface area contributed by atoms with Gasteiger partial charge in [0.05, 0.1) is 16.7 Å². The average molecular weight is 387 g/mol. The molecule has 1 heterocycles. The number of aromatic nitrogens is 2. The Kier molecular flexibility index (Phi) is 3.17. The highest BCUT2D eigenvalue weighted by atomic mass is 127. The predicted octanol–water partition coefficient (Wildman–Crippen LogP) is 4.95. The number of hydrogen-bond acceptors (Lipinski definition) is 1. The van der Waals surface area contributed by atoms with Gasteiger partial charge in [-0.05, 0) is 65.1 Å². The molecular formula is C13H8ClIN2S. The number of nitrogens with one attached hydrogen (secondary N) is 1. The first-order valence-electron chi connectivity index (χ1n) is 5.32. The van der Waals surface area contributed by atoms with Gasteiger partial charge in [0.2, 0.25) is 0 Å². The molecule has 18 heavy (non-hydrogen) atoms. The maximum Gasteiger partial charge on any atom is 0.182 e. The van der Waals surface area contributed by atoms with E-state index < -0.39 is 0 Å². The highest BCUT2D eigenvalue weighted by Gasteiger charge is 2.09. The lowest BCUT2D eigenvalue weighted by Crippen LogP contribution is -1.96. The van der Waals surface area contributed by atoms with Crippen LogP contribution in [0, 0.1) is 8.34 Å². The number of aromatic amines is 1. The Labute approximate surface area is 128 Å². The number of para-hydroxylation sites is 1. The fourth-order valence-corrected chi connectivity index (χ4v) is 3.05. The van der Waals surface area contributed by atoms with Crippen LogP contribution < -0.4 is 0 Å². The zero-order valence-corrected chi connectivity index (χ0v) is 12.9. The van der Waals surface area contributed by atoms with Crippen LogP contribution in [-0.2, 0) is 0 Å². The lowest BCUT2D eigenvalue weighted by atomic mass is 10.3. The summed E-state index contributed by atoms with van der Waals surface area (Å²) < 4.78 is 3.83. The van der Waals surface area contributed by atoms with Crippen LogP contribution in [-0.4, -0.2) is 9.55 Å². The van der Waals surface area contributed by atoms with Gasteiger partial charge < -0.3 is 4.98 Å². The summed E-state index contributed by atoms with van der Waals surface area (Å²) in [4.78, 5) is 3.20. The molecular weight excluding hydrogens is 379 g/mol. The summed E-state index contributed by atoms with van der Waals surface area (Å²) >= 11 is 13.8. The van der Waals surface area contributed by atoms with Gasteiger partial charge in [0.25, 0.3) is 0 Å². The largest absolute Gasteiger partial charge is 0.330 e. The zero-order valence-electron chi connectivity index (χ0n) is 9.15. The third kappa shape index (κ3) is 1.98. The molecule has 0 saturated heterocycles. The Morgan fingerprint density at radius 1 is 1.17 bits per heavy atom. The van der Waals surface area contributed by atoms with Crippen molar-refractivity contribution in [3.8, 4) is 5.69 Å². The Balaban J connectivity index is 2.42. The van der Waals surface area contributed by atoms with Crippen molar-refractivity contribution in [2.75, 3.05) is 0 Å². The monoisotopic (exact) mass is 386 g/mol. The van der Waals surface area contributed by atoms with Crippen LogP contribution in [0.15, 0.2) is 42.5 Å². The highest BCUT2D eigenvalue weighted by molar-refractivity contribution is 14.1. The molecule has 90 valence electrons. The minimum absolute atomic E-state index is 0.677. The molecule has 2 nitrogen and oxygen atoms in total. The van der Waals surface area contributed by atoms with Crippen molar-refractivity contribution in [1.82, 2.24) is 9.55 Å². The van der Waals surface area contributed by atoms with E-state index in [-0.39, 0.29) is 0 Å². The minimum Gasteiger partial charge on any atom is -0.330 e. The van der Waals surface area contributed by atoms with Crippen molar-refractivity contribution in [3.63, 3.8) is 0 Å². The second-order valence-electron chi connectivity index (χ2n) is 3.88. The molecule has 1 aromatic heterocycles. The Hall–Kier alpha value is -0.850. The second-order valence-corrected chi connectivity index (χ2v) is 5.86. The van der Waals surface area contributed by atoms with Crippen LogP contribution in [0.5, 0.6) is 0 Å². The zero-order chi connectivity index (χ0) is 12.7. The van der Waals surface area contributed by atoms with Crippen LogP contribution in [0.4, 0.5) is 0 Å². The van der Waals surface area contributed by atoms with Gasteiger partial charge in [-0.3, -0.25) is 4.57 Å². The maximum absolute atomic E-state index is 6.06. The van der Waals surface area contributed by atoms with Gasteiger partial charge >= 0.3 is 0 Å². The number of halogens is 2. The molecule has 0 unspecified atom stereocenters. The summed E-state index contributed by atoms with van der Waals surface area (Å²) in [5.74, 6) is 0. The third-order valence-electron chi connectivity index (χ3n) is 2.74. The molecule has 0 fully saturated rings. The normalized spacial score (nSPS) is 11.0. The minimum atomic E-state index is 0.677. The molecule has 0 bridgehead atoms. The standard InChI is InChI=1S/C13H8ClIN2S/c14-8-5-6-10-12(7-8)17(13(18)16-10)11-4-2-1-3-9(11)15/h1-7H,(H,16,18). The van der Waals surface area contributed by atoms with Gasteiger partial charge in [0, 0.05) is 8.59 Å². The summed E-state index contributed by atoms with van der Waals surface area (Å²) in [5.41, 5.74) is 3.05. The van der Waals surface area contributed by atoms with Gasteiger partial charge in [-0.15, -0.1) is 0 Å². The molecule has 0 amide bonds. The van der Waals surface area contributed by atoms with Crippen molar-refractivity contribution in [1.29, 1.82) is 0 Å². The van der Waals surface area contributed by atoms with E-state index in [1.807, 2.05) is 41.0 Å². The van der Waals surface area contributed by atoms with Gasteiger partial charge in [-0.2, -0.15) is 0 Å². The second kappa shape index (κ2) is 4.68. The Morgan fingerprint density at radius 3 is 2.72 bits per heavy atom. The SMILES string of the molecule is S=c1[nH]c2ccc(Cl)cc2n1-c1ccccc1I. The molecule has 0 radical (unpaired) electrons. The van der Waals surface area contributed by atoms with Crippen molar-refractivity contribution in [2.45, 2.75) is 0 Å². The number of rotatable bonds is 1. The van der Waals surface area contributed by atoms with Crippen LogP contribution >= 0.6 is 46.4 Å². The molecule has 3 rings (SSSR count). The molecule has 3 aromatic rings. The van der Waals surface area contributed by atoms with E-state index in [2.05, 4.69) is 33.6 Å². The van der Waals surface area contributed by atoms with E-state index in [1.54, 1.807) is 0 Å². The first-order chi connectivity index (χ1) is 8.66. The highest BCUT2D eigenvalue weighted by Crippen LogP contribution is 2.25. The van der Waals surface area contributed by atoms with Crippen LogP contribution in [0.2, 0.25) is 5.02 Å². The van der Waals surface area contributed by atoms with Crippen LogP contribution in [0.25, 0.3) is 16.7 Å². The fourth-order valence-electron chi connectivity index (χ4n) is 1.95. The first-order valence-corrected chi connectivity index (χ1v) is 7.18. The number of H-pyrrole nitrogens is 1. The number of hydrogen-bond donors (Lipinski definition) is 1. The molecule has 1 N–H and O–H groups in total. The molecule has 5 heteroatoms. The summed E-state index contributed by atoms with van der Waals surface area (Å²) in [6.45, 7) is 0. The van der Waals surface area contributed by atoms with E-state index in [4.69, 9.17) is 23.8 Å². The van der Waals surface area contributed by atoms with E-state index in [9.17, 15) is 0 Å². The predicted molar refractivity (Wildman–Crippen MR) is 86.2 cm³/mol. The smallest absolute Gasteiger partial charge is 0.182 e. The van der Waals surface area contributed by atoms with Gasteiger partial charge in [-0.25, -0.2) is 0 Å². The van der Waals surface area contributed by atoms with E-state index in [1.165, 1.54) is 0 Å². The summed E-state index contributed by atoms with van der Waals surface area (Å²) in [5, 5.41) is 0.705. The lowest BCUT2D eigenvalue weighted by Gasteiger charge is -2.06. The third-order valence-corrected chi connectivity index (χ3v) is 4.17. The van der Waals surface area contributed by atoms with E-state index >= 15 is 0 Å². The first kappa shape index (κ1) is 12.2. The van der Waals surface area contributed by atoms with Crippen molar-refractivity contribution >= 4 is 57.4 Å². The Bertz CT molecular complexity index is 791. The quantitative estimate of drug-likeness (QED) is 0.464. The maximum atomic E-state index is 6.06. The molecule has 0 aliphatic carbocycles. The summed E-state index contributed by atoms with van der Waals surface area (Å²) in [6.07, 6.45) is 0.